The number of hydrogen-bond acceptors (Lipinski definition) is 5. The number of amides is 2. The van der Waals surface area contributed by atoms with Gasteiger partial charge in [0.1, 0.15) is 11.5 Å². The Hall–Kier alpha value is -3.87. The first-order valence-electron chi connectivity index (χ1n) is 10.6. The Bertz CT molecular complexity index is 1090. The zero-order valence-electron chi connectivity index (χ0n) is 18.3. The van der Waals surface area contributed by atoms with Crippen LogP contribution in [0.3, 0.4) is 0 Å². The highest BCUT2D eigenvalue weighted by molar-refractivity contribution is 6.02. The van der Waals surface area contributed by atoms with Crippen molar-refractivity contribution in [1.82, 2.24) is 5.43 Å². The number of hydrazone groups is 1. The van der Waals surface area contributed by atoms with Crippen molar-refractivity contribution >= 4 is 34.5 Å². The molecule has 3 aromatic rings. The maximum Gasteiger partial charge on any atom is 0.240 e. The van der Waals surface area contributed by atoms with Crippen LogP contribution in [0, 0.1) is 0 Å². The first kappa shape index (κ1) is 22.8. The highest BCUT2D eigenvalue weighted by Crippen LogP contribution is 2.27. The van der Waals surface area contributed by atoms with Gasteiger partial charge in [-0.1, -0.05) is 24.3 Å². The predicted octanol–water partition coefficient (Wildman–Crippen LogP) is 4.51. The Balaban J connectivity index is 1.50. The third-order valence-electron chi connectivity index (χ3n) is 4.64. The maximum absolute atomic E-state index is 12.1. The van der Waals surface area contributed by atoms with E-state index in [0.717, 1.165) is 27.8 Å². The molecule has 0 fully saturated rings. The van der Waals surface area contributed by atoms with E-state index in [1.807, 2.05) is 50.2 Å². The lowest BCUT2D eigenvalue weighted by Crippen LogP contribution is -2.20. The van der Waals surface area contributed by atoms with Gasteiger partial charge in [-0.15, -0.1) is 0 Å². The quantitative estimate of drug-likeness (QED) is 0.364. The zero-order chi connectivity index (χ0) is 22.8. The molecule has 3 rings (SSSR count). The summed E-state index contributed by atoms with van der Waals surface area (Å²) >= 11 is 0. The number of ether oxygens (including phenoxy) is 2. The molecule has 2 amide bonds. The summed E-state index contributed by atoms with van der Waals surface area (Å²) in [5.41, 5.74) is 3.99. The molecule has 0 atom stereocenters. The van der Waals surface area contributed by atoms with Crippen molar-refractivity contribution in [1.29, 1.82) is 0 Å². The molecular formula is C25H27N3O4. The Morgan fingerprint density at radius 1 is 0.844 bits per heavy atom. The van der Waals surface area contributed by atoms with Gasteiger partial charge in [0.15, 0.2) is 0 Å². The van der Waals surface area contributed by atoms with Gasteiger partial charge in [0.2, 0.25) is 11.8 Å². The summed E-state index contributed by atoms with van der Waals surface area (Å²) in [6.07, 6.45) is 1.68. The van der Waals surface area contributed by atoms with Crippen molar-refractivity contribution in [2.24, 2.45) is 5.10 Å². The minimum Gasteiger partial charge on any atom is -0.494 e. The third-order valence-corrected chi connectivity index (χ3v) is 4.64. The molecule has 0 aromatic heterocycles. The van der Waals surface area contributed by atoms with E-state index in [1.165, 1.54) is 0 Å². The van der Waals surface area contributed by atoms with Crippen LogP contribution in [0.2, 0.25) is 0 Å². The molecule has 3 aromatic carbocycles. The molecule has 32 heavy (non-hydrogen) atoms. The molecule has 0 saturated heterocycles. The average molecular weight is 434 g/mol. The summed E-state index contributed by atoms with van der Waals surface area (Å²) in [6, 6.07) is 18.7. The lowest BCUT2D eigenvalue weighted by Gasteiger charge is -2.09. The number of rotatable bonds is 10. The van der Waals surface area contributed by atoms with Gasteiger partial charge < -0.3 is 14.8 Å². The van der Waals surface area contributed by atoms with E-state index in [0.29, 0.717) is 18.9 Å². The van der Waals surface area contributed by atoms with Crippen LogP contribution in [0.25, 0.3) is 10.8 Å². The normalized spacial score (nSPS) is 10.8. The van der Waals surface area contributed by atoms with Crippen molar-refractivity contribution in [3.63, 3.8) is 0 Å². The van der Waals surface area contributed by atoms with E-state index in [-0.39, 0.29) is 24.7 Å². The molecule has 0 saturated carbocycles. The molecule has 166 valence electrons. The second kappa shape index (κ2) is 11.5. The fourth-order valence-electron chi connectivity index (χ4n) is 3.17. The molecule has 0 aliphatic carbocycles. The number of carbonyl (C=O) groups excluding carboxylic acids is 2. The van der Waals surface area contributed by atoms with Crippen molar-refractivity contribution in [3.05, 3.63) is 66.2 Å². The molecule has 0 bridgehead atoms. The van der Waals surface area contributed by atoms with Gasteiger partial charge in [0.05, 0.1) is 19.4 Å². The van der Waals surface area contributed by atoms with E-state index in [4.69, 9.17) is 9.47 Å². The SMILES string of the molecule is CCOc1ccc(NC(=O)CCC(=O)NN=Cc2ccc(OCC)c3ccccc23)cc1. The molecule has 2 N–H and O–H groups in total. The van der Waals surface area contributed by atoms with E-state index < -0.39 is 0 Å². The Labute approximate surface area is 187 Å². The van der Waals surface area contributed by atoms with Crippen LogP contribution in [0.4, 0.5) is 5.69 Å². The van der Waals surface area contributed by atoms with Gasteiger partial charge in [-0.25, -0.2) is 5.43 Å². The second-order valence-electron chi connectivity index (χ2n) is 6.93. The molecule has 0 unspecified atom stereocenters. The van der Waals surface area contributed by atoms with Crippen molar-refractivity contribution in [2.45, 2.75) is 26.7 Å². The minimum atomic E-state index is -0.335. The first-order valence-corrected chi connectivity index (χ1v) is 10.6. The monoisotopic (exact) mass is 433 g/mol. The van der Waals surface area contributed by atoms with Crippen LogP contribution < -0.4 is 20.2 Å². The van der Waals surface area contributed by atoms with Crippen LogP contribution in [-0.2, 0) is 9.59 Å². The molecule has 0 radical (unpaired) electrons. The third kappa shape index (κ3) is 6.31. The number of fused-ring (bicyclic) bond motifs is 1. The van der Waals surface area contributed by atoms with Crippen molar-refractivity contribution < 1.29 is 19.1 Å². The Morgan fingerprint density at radius 3 is 2.25 bits per heavy atom. The van der Waals surface area contributed by atoms with Gasteiger partial charge in [-0.3, -0.25) is 9.59 Å². The van der Waals surface area contributed by atoms with Crippen LogP contribution in [-0.4, -0.2) is 31.2 Å². The largest absolute Gasteiger partial charge is 0.494 e. The second-order valence-corrected chi connectivity index (χ2v) is 6.93. The van der Waals surface area contributed by atoms with Gasteiger partial charge in [-0.2, -0.15) is 5.10 Å². The average Bonchev–Trinajstić information content (AvgIpc) is 2.81. The van der Waals surface area contributed by atoms with Crippen molar-refractivity contribution in [3.8, 4) is 11.5 Å². The lowest BCUT2D eigenvalue weighted by molar-refractivity contribution is -0.124. The summed E-state index contributed by atoms with van der Waals surface area (Å²) in [6.45, 7) is 5.01. The molecule has 7 heteroatoms. The molecule has 0 aliphatic rings. The highest BCUT2D eigenvalue weighted by Gasteiger charge is 2.08. The van der Waals surface area contributed by atoms with Gasteiger partial charge in [-0.05, 0) is 55.6 Å². The van der Waals surface area contributed by atoms with Gasteiger partial charge in [0.25, 0.3) is 0 Å². The summed E-state index contributed by atoms with van der Waals surface area (Å²) in [4.78, 5) is 24.1. The van der Waals surface area contributed by atoms with E-state index in [1.54, 1.807) is 30.5 Å². The lowest BCUT2D eigenvalue weighted by atomic mass is 10.0. The van der Waals surface area contributed by atoms with E-state index in [2.05, 4.69) is 15.8 Å². The number of anilines is 1. The summed E-state index contributed by atoms with van der Waals surface area (Å²) in [5, 5.41) is 8.76. The maximum atomic E-state index is 12.1. The number of benzene rings is 3. The Kier molecular flexibility index (Phi) is 8.20. The zero-order valence-corrected chi connectivity index (χ0v) is 18.3. The number of hydrogen-bond donors (Lipinski definition) is 2. The fourth-order valence-corrected chi connectivity index (χ4v) is 3.17. The topological polar surface area (TPSA) is 89.0 Å². The molecule has 7 nitrogen and oxygen atoms in total. The van der Waals surface area contributed by atoms with Crippen LogP contribution in [0.1, 0.15) is 32.3 Å². The minimum absolute atomic E-state index is 0.0320. The first-order chi connectivity index (χ1) is 15.6. The highest BCUT2D eigenvalue weighted by atomic mass is 16.5. The smallest absolute Gasteiger partial charge is 0.240 e. The molecular weight excluding hydrogens is 406 g/mol. The number of carbonyl (C=O) groups is 2. The standard InChI is InChI=1S/C25H27N3O4/c1-3-31-20-12-10-19(11-13-20)27-24(29)15-16-25(30)28-26-17-18-9-14-23(32-4-2)22-8-6-5-7-21(18)22/h5-14,17H,3-4,15-16H2,1-2H3,(H,27,29)(H,28,30). The molecule has 0 aliphatic heterocycles. The summed E-state index contributed by atoms with van der Waals surface area (Å²) < 4.78 is 11.0. The van der Waals surface area contributed by atoms with Crippen LogP contribution in [0.15, 0.2) is 65.8 Å². The predicted molar refractivity (Wildman–Crippen MR) is 126 cm³/mol. The van der Waals surface area contributed by atoms with Gasteiger partial charge >= 0.3 is 0 Å². The number of nitrogens with one attached hydrogen (secondary N) is 2. The summed E-state index contributed by atoms with van der Waals surface area (Å²) in [7, 11) is 0. The van der Waals surface area contributed by atoms with E-state index in [9.17, 15) is 9.59 Å². The van der Waals surface area contributed by atoms with Crippen molar-refractivity contribution in [2.75, 3.05) is 18.5 Å². The van der Waals surface area contributed by atoms with E-state index >= 15 is 0 Å². The number of nitrogens with zero attached hydrogens (tertiary/aromatic N) is 1. The van der Waals surface area contributed by atoms with Crippen LogP contribution in [0.5, 0.6) is 11.5 Å². The Morgan fingerprint density at radius 2 is 1.53 bits per heavy atom. The molecule has 0 spiro atoms. The molecule has 0 heterocycles. The van der Waals surface area contributed by atoms with Crippen LogP contribution >= 0.6 is 0 Å². The fraction of sp³-hybridized carbons (Fsp3) is 0.240. The summed E-state index contributed by atoms with van der Waals surface area (Å²) in [5.74, 6) is 0.968. The van der Waals surface area contributed by atoms with Gasteiger partial charge in [0, 0.05) is 29.5 Å².